The molecule has 4 nitrogen and oxygen atoms in total. The van der Waals surface area contributed by atoms with Crippen LogP contribution in [0.25, 0.3) is 0 Å². The number of carbonyl (C=O) groups is 1. The highest BCUT2D eigenvalue weighted by molar-refractivity contribution is 6.99. The van der Waals surface area contributed by atoms with E-state index < -0.39 is 14.6 Å². The molecule has 3 aliphatic rings. The topological polar surface area (TPSA) is 44.8 Å². The number of carbonyl (C=O) groups excluding carboxylic acids is 1. The molecule has 7 atom stereocenters. The number of rotatable bonds is 7. The SMILES string of the molecule is CC(C)[C@@H]1CC[C@@H](C)C[C@H]1O[C@H]1OC(=O)[C@@H]2C=C[C@H](O[Si](c3ccccc3)(c3ccccc3)C(C)(C)C)C[C@H]12. The molecule has 1 heterocycles. The van der Waals surface area contributed by atoms with Gasteiger partial charge >= 0.3 is 5.97 Å². The average Bonchev–Trinajstić information content (AvgIpc) is 3.21. The first kappa shape index (κ1) is 28.3. The molecule has 5 heteroatoms. The molecule has 210 valence electrons. The lowest BCUT2D eigenvalue weighted by molar-refractivity contribution is -0.197. The van der Waals surface area contributed by atoms with Crippen LogP contribution in [0.4, 0.5) is 0 Å². The van der Waals surface area contributed by atoms with Gasteiger partial charge in [0, 0.05) is 5.92 Å². The Morgan fingerprint density at radius 3 is 2.08 bits per heavy atom. The quantitative estimate of drug-likeness (QED) is 0.226. The van der Waals surface area contributed by atoms with Crippen molar-refractivity contribution in [1.82, 2.24) is 0 Å². The Balaban J connectivity index is 1.44. The van der Waals surface area contributed by atoms with Crippen molar-refractivity contribution in [3.8, 4) is 0 Å². The van der Waals surface area contributed by atoms with Crippen molar-refractivity contribution >= 4 is 24.7 Å². The highest BCUT2D eigenvalue weighted by Crippen LogP contribution is 2.44. The van der Waals surface area contributed by atoms with E-state index in [0.29, 0.717) is 17.8 Å². The molecule has 1 aliphatic heterocycles. The average molecular weight is 547 g/mol. The predicted octanol–water partition coefficient (Wildman–Crippen LogP) is 6.48. The first-order chi connectivity index (χ1) is 18.6. The zero-order chi connectivity index (χ0) is 27.8. The molecule has 5 rings (SSSR count). The van der Waals surface area contributed by atoms with E-state index in [1.165, 1.54) is 23.2 Å². The van der Waals surface area contributed by atoms with E-state index in [1.807, 2.05) is 6.08 Å². The molecule has 0 unspecified atom stereocenters. The maximum atomic E-state index is 12.9. The van der Waals surface area contributed by atoms with Gasteiger partial charge in [0.1, 0.15) is 0 Å². The van der Waals surface area contributed by atoms with Crippen LogP contribution < -0.4 is 10.4 Å². The Morgan fingerprint density at radius 2 is 1.51 bits per heavy atom. The molecule has 39 heavy (non-hydrogen) atoms. The van der Waals surface area contributed by atoms with Crippen molar-refractivity contribution in [2.75, 3.05) is 0 Å². The predicted molar refractivity (Wildman–Crippen MR) is 159 cm³/mol. The third kappa shape index (κ3) is 5.55. The van der Waals surface area contributed by atoms with Gasteiger partial charge in [-0.05, 0) is 52.4 Å². The van der Waals surface area contributed by atoms with E-state index in [-0.39, 0.29) is 35.1 Å². The molecule has 0 spiro atoms. The summed E-state index contributed by atoms with van der Waals surface area (Å²) >= 11 is 0. The van der Waals surface area contributed by atoms with Gasteiger partial charge in [0.25, 0.3) is 8.32 Å². The first-order valence-electron chi connectivity index (χ1n) is 14.9. The number of hydrogen-bond acceptors (Lipinski definition) is 4. The number of cyclic esters (lactones) is 1. The molecule has 2 fully saturated rings. The summed E-state index contributed by atoms with van der Waals surface area (Å²) in [6, 6.07) is 21.5. The number of hydrogen-bond donors (Lipinski definition) is 0. The van der Waals surface area contributed by atoms with E-state index in [2.05, 4.69) is 108 Å². The Labute approximate surface area is 236 Å². The van der Waals surface area contributed by atoms with Crippen LogP contribution in [0.2, 0.25) is 5.04 Å². The van der Waals surface area contributed by atoms with Gasteiger partial charge in [0.2, 0.25) is 6.29 Å². The van der Waals surface area contributed by atoms with Crippen LogP contribution in [0.5, 0.6) is 0 Å². The van der Waals surface area contributed by atoms with E-state index in [4.69, 9.17) is 13.9 Å². The van der Waals surface area contributed by atoms with Gasteiger partial charge in [-0.25, -0.2) is 0 Å². The lowest BCUT2D eigenvalue weighted by atomic mass is 9.75. The molecule has 0 N–H and O–H groups in total. The minimum Gasteiger partial charge on any atom is -0.435 e. The van der Waals surface area contributed by atoms with Gasteiger partial charge in [0.15, 0.2) is 0 Å². The fourth-order valence-electron chi connectivity index (χ4n) is 7.27. The summed E-state index contributed by atoms with van der Waals surface area (Å²) in [6.07, 6.45) is 7.83. The van der Waals surface area contributed by atoms with Gasteiger partial charge in [-0.2, -0.15) is 0 Å². The van der Waals surface area contributed by atoms with Crippen molar-refractivity contribution in [3.63, 3.8) is 0 Å². The second-order valence-corrected chi connectivity index (χ2v) is 17.7. The second kappa shape index (κ2) is 11.3. The van der Waals surface area contributed by atoms with Gasteiger partial charge in [0.05, 0.1) is 18.1 Å². The molecule has 2 aromatic carbocycles. The number of esters is 1. The molecule has 2 aliphatic carbocycles. The maximum Gasteiger partial charge on any atom is 0.315 e. The third-order valence-electron chi connectivity index (χ3n) is 9.37. The van der Waals surface area contributed by atoms with Crippen LogP contribution in [0.1, 0.15) is 67.2 Å². The number of benzene rings is 2. The monoisotopic (exact) mass is 546 g/mol. The van der Waals surface area contributed by atoms with Gasteiger partial charge in [-0.3, -0.25) is 4.79 Å². The van der Waals surface area contributed by atoms with Gasteiger partial charge in [-0.15, -0.1) is 0 Å². The Hall–Kier alpha value is -2.21. The number of fused-ring (bicyclic) bond motifs is 1. The molecule has 1 saturated carbocycles. The Bertz CT molecular complexity index is 1100. The molecular weight excluding hydrogens is 500 g/mol. The fourth-order valence-corrected chi connectivity index (χ4v) is 11.9. The summed E-state index contributed by atoms with van der Waals surface area (Å²) in [7, 11) is -2.71. The highest BCUT2D eigenvalue weighted by Gasteiger charge is 2.54. The fraction of sp³-hybridized carbons (Fsp3) is 0.559. The molecule has 1 saturated heterocycles. The zero-order valence-electron chi connectivity index (χ0n) is 24.5. The lowest BCUT2D eigenvalue weighted by Gasteiger charge is -2.46. The normalized spacial score (nSPS) is 31.3. The van der Waals surface area contributed by atoms with Gasteiger partial charge in [-0.1, -0.05) is 121 Å². The molecule has 0 bridgehead atoms. The highest BCUT2D eigenvalue weighted by atomic mass is 28.4. The zero-order valence-corrected chi connectivity index (χ0v) is 25.5. The van der Waals surface area contributed by atoms with Gasteiger partial charge < -0.3 is 13.9 Å². The summed E-state index contributed by atoms with van der Waals surface area (Å²) in [5, 5.41) is 2.42. The van der Waals surface area contributed by atoms with Crippen LogP contribution >= 0.6 is 0 Å². The first-order valence-corrected chi connectivity index (χ1v) is 16.8. The standard InChI is InChI=1S/C34H46O4Si/c1-23(2)28-19-17-24(3)21-31(28)36-33-30-22-25(18-20-29(30)32(35)37-33)38-39(34(4,5)6,26-13-9-7-10-14-26)27-15-11-8-12-16-27/h7-16,18,20,23-25,28-31,33H,17,19,21-22H2,1-6H3/t24-,25+,28+,29-,30+,31-,33+/m1/s1. The summed E-state index contributed by atoms with van der Waals surface area (Å²) in [5.41, 5.74) is 0. The molecular formula is C34H46O4Si. The Kier molecular flexibility index (Phi) is 8.24. The minimum atomic E-state index is -2.71. The van der Waals surface area contributed by atoms with Crippen LogP contribution in [0, 0.1) is 29.6 Å². The van der Waals surface area contributed by atoms with Crippen LogP contribution in [0.15, 0.2) is 72.8 Å². The summed E-state index contributed by atoms with van der Waals surface area (Å²) in [6.45, 7) is 13.8. The lowest BCUT2D eigenvalue weighted by Crippen LogP contribution is -2.67. The van der Waals surface area contributed by atoms with E-state index in [0.717, 1.165) is 12.8 Å². The number of ether oxygens (including phenoxy) is 2. The minimum absolute atomic E-state index is 0.0317. The van der Waals surface area contributed by atoms with Crippen molar-refractivity contribution in [2.24, 2.45) is 29.6 Å². The smallest absolute Gasteiger partial charge is 0.315 e. The van der Waals surface area contributed by atoms with Crippen molar-refractivity contribution in [1.29, 1.82) is 0 Å². The molecule has 0 radical (unpaired) electrons. The second-order valence-electron chi connectivity index (χ2n) is 13.4. The molecule has 0 amide bonds. The largest absolute Gasteiger partial charge is 0.435 e. The Morgan fingerprint density at radius 1 is 0.897 bits per heavy atom. The van der Waals surface area contributed by atoms with Crippen LogP contribution in [0.3, 0.4) is 0 Å². The van der Waals surface area contributed by atoms with E-state index >= 15 is 0 Å². The van der Waals surface area contributed by atoms with Crippen LogP contribution in [-0.4, -0.2) is 32.8 Å². The van der Waals surface area contributed by atoms with Crippen molar-refractivity contribution < 1.29 is 18.7 Å². The third-order valence-corrected chi connectivity index (χ3v) is 14.4. The van der Waals surface area contributed by atoms with Crippen molar-refractivity contribution in [2.45, 2.75) is 90.8 Å². The van der Waals surface area contributed by atoms with E-state index in [9.17, 15) is 4.79 Å². The molecule has 2 aromatic rings. The van der Waals surface area contributed by atoms with Crippen LogP contribution in [-0.2, 0) is 18.7 Å². The maximum absolute atomic E-state index is 12.9. The van der Waals surface area contributed by atoms with E-state index in [1.54, 1.807) is 0 Å². The molecule has 0 aromatic heterocycles. The summed E-state index contributed by atoms with van der Waals surface area (Å²) < 4.78 is 20.1. The summed E-state index contributed by atoms with van der Waals surface area (Å²) in [5.74, 6) is 1.24. The van der Waals surface area contributed by atoms with Crippen molar-refractivity contribution in [3.05, 3.63) is 72.8 Å². The summed E-state index contributed by atoms with van der Waals surface area (Å²) in [4.78, 5) is 12.9.